The molecule has 0 radical (unpaired) electrons. The van der Waals surface area contributed by atoms with Gasteiger partial charge in [0.15, 0.2) is 6.10 Å². The Labute approximate surface area is 89.0 Å². The maximum absolute atomic E-state index is 12.0. The first-order valence-corrected chi connectivity index (χ1v) is 4.05. The Morgan fingerprint density at radius 3 is 2.25 bits per heavy atom. The highest BCUT2D eigenvalue weighted by Gasteiger charge is 2.35. The number of primary amides is 1. The molecule has 0 aromatic heterocycles. The molecule has 94 valence electrons. The molecule has 9 heteroatoms. The summed E-state index contributed by atoms with van der Waals surface area (Å²) < 4.78 is 40.1. The molecule has 0 aromatic carbocycles. The Morgan fingerprint density at radius 1 is 1.44 bits per heavy atom. The molecule has 0 bridgehead atoms. The van der Waals surface area contributed by atoms with Crippen molar-refractivity contribution in [2.24, 2.45) is 5.73 Å². The van der Waals surface area contributed by atoms with Crippen molar-refractivity contribution in [2.75, 3.05) is 13.7 Å². The first kappa shape index (κ1) is 14.5. The molecule has 1 unspecified atom stereocenters. The van der Waals surface area contributed by atoms with E-state index in [0.717, 1.165) is 14.0 Å². The van der Waals surface area contributed by atoms with Gasteiger partial charge >= 0.3 is 12.3 Å². The number of carbonyl (C=O) groups is 2. The maximum atomic E-state index is 12.0. The van der Waals surface area contributed by atoms with E-state index in [1.807, 2.05) is 0 Å². The second-order valence-corrected chi connectivity index (χ2v) is 2.75. The number of hydroxylamine groups is 2. The third kappa shape index (κ3) is 5.39. The third-order valence-electron chi connectivity index (χ3n) is 1.43. The van der Waals surface area contributed by atoms with Crippen LogP contribution in [0.5, 0.6) is 0 Å². The molecule has 6 nitrogen and oxygen atoms in total. The summed E-state index contributed by atoms with van der Waals surface area (Å²) in [5, 5.41) is 0.0353. The SMILES string of the molecule is CON(CC(F)(F)F)C(=O)C(C)OC(N)=O. The number of halogens is 3. The van der Waals surface area contributed by atoms with Crippen LogP contribution >= 0.6 is 0 Å². The normalized spacial score (nSPS) is 13.1. The number of nitrogens with two attached hydrogens (primary N) is 1. The molecular formula is C7H11F3N2O4. The van der Waals surface area contributed by atoms with Crippen LogP contribution in [-0.4, -0.2) is 43.0 Å². The summed E-state index contributed by atoms with van der Waals surface area (Å²) >= 11 is 0. The van der Waals surface area contributed by atoms with Gasteiger partial charge in [-0.1, -0.05) is 0 Å². The van der Waals surface area contributed by atoms with Crippen molar-refractivity contribution in [2.45, 2.75) is 19.2 Å². The number of amides is 2. The second kappa shape index (κ2) is 5.54. The summed E-state index contributed by atoms with van der Waals surface area (Å²) in [6.45, 7) is -0.524. The first-order chi connectivity index (χ1) is 7.17. The van der Waals surface area contributed by atoms with Crippen LogP contribution in [0.3, 0.4) is 0 Å². The van der Waals surface area contributed by atoms with Gasteiger partial charge in [0.2, 0.25) is 0 Å². The summed E-state index contributed by atoms with van der Waals surface area (Å²) in [5.74, 6) is -1.15. The minimum Gasteiger partial charge on any atom is -0.436 e. The van der Waals surface area contributed by atoms with Crippen LogP contribution in [0.25, 0.3) is 0 Å². The predicted octanol–water partition coefficient (Wildman–Crippen LogP) is 0.422. The van der Waals surface area contributed by atoms with E-state index < -0.39 is 30.8 Å². The van der Waals surface area contributed by atoms with Crippen LogP contribution in [0.4, 0.5) is 18.0 Å². The fourth-order valence-electron chi connectivity index (χ4n) is 0.823. The minimum absolute atomic E-state index is 0.0353. The van der Waals surface area contributed by atoms with Crippen molar-refractivity contribution in [1.82, 2.24) is 5.06 Å². The molecule has 0 spiro atoms. The van der Waals surface area contributed by atoms with Crippen LogP contribution in [0.2, 0.25) is 0 Å². The fourth-order valence-corrected chi connectivity index (χ4v) is 0.823. The summed E-state index contributed by atoms with van der Waals surface area (Å²) in [5.41, 5.74) is 4.61. The lowest BCUT2D eigenvalue weighted by Crippen LogP contribution is -2.44. The number of hydrogen-bond acceptors (Lipinski definition) is 4. The number of ether oxygens (including phenoxy) is 1. The van der Waals surface area contributed by atoms with E-state index in [0.29, 0.717) is 0 Å². The number of hydrogen-bond donors (Lipinski definition) is 1. The monoisotopic (exact) mass is 244 g/mol. The molecular weight excluding hydrogens is 233 g/mol. The van der Waals surface area contributed by atoms with Crippen molar-refractivity contribution in [3.8, 4) is 0 Å². The molecule has 0 aliphatic heterocycles. The van der Waals surface area contributed by atoms with E-state index in [4.69, 9.17) is 0 Å². The van der Waals surface area contributed by atoms with E-state index in [-0.39, 0.29) is 5.06 Å². The Kier molecular flexibility index (Phi) is 5.02. The molecule has 1 atom stereocenters. The van der Waals surface area contributed by atoms with Crippen molar-refractivity contribution < 1.29 is 32.3 Å². The quantitative estimate of drug-likeness (QED) is 0.726. The molecule has 0 aliphatic rings. The topological polar surface area (TPSA) is 81.9 Å². The van der Waals surface area contributed by atoms with Crippen LogP contribution in [0, 0.1) is 0 Å². The van der Waals surface area contributed by atoms with Gasteiger partial charge < -0.3 is 10.5 Å². The third-order valence-corrected chi connectivity index (χ3v) is 1.43. The zero-order valence-corrected chi connectivity index (χ0v) is 8.58. The minimum atomic E-state index is -4.61. The maximum Gasteiger partial charge on any atom is 0.408 e. The standard InChI is InChI=1S/C7H11F3N2O4/c1-4(16-6(11)14)5(13)12(15-2)3-7(8,9)10/h4H,3H2,1-2H3,(H2,11,14). The number of nitrogens with zero attached hydrogens (tertiary/aromatic N) is 1. The summed E-state index contributed by atoms with van der Waals surface area (Å²) in [6, 6.07) is 0. The summed E-state index contributed by atoms with van der Waals surface area (Å²) in [4.78, 5) is 25.8. The van der Waals surface area contributed by atoms with E-state index in [1.54, 1.807) is 0 Å². The second-order valence-electron chi connectivity index (χ2n) is 2.75. The molecule has 16 heavy (non-hydrogen) atoms. The lowest BCUT2D eigenvalue weighted by molar-refractivity contribution is -0.227. The highest BCUT2D eigenvalue weighted by molar-refractivity contribution is 5.82. The van der Waals surface area contributed by atoms with Gasteiger partial charge in [-0.05, 0) is 6.92 Å². The highest BCUT2D eigenvalue weighted by atomic mass is 19.4. The summed E-state index contributed by atoms with van der Waals surface area (Å²) in [7, 11) is 0.890. The van der Waals surface area contributed by atoms with Crippen molar-refractivity contribution >= 4 is 12.0 Å². The van der Waals surface area contributed by atoms with Gasteiger partial charge in [-0.3, -0.25) is 9.63 Å². The smallest absolute Gasteiger partial charge is 0.408 e. The van der Waals surface area contributed by atoms with E-state index >= 15 is 0 Å². The number of alkyl halides is 3. The largest absolute Gasteiger partial charge is 0.436 e. The van der Waals surface area contributed by atoms with Crippen molar-refractivity contribution in [3.63, 3.8) is 0 Å². The number of rotatable bonds is 4. The van der Waals surface area contributed by atoms with Crippen LogP contribution in [-0.2, 0) is 14.4 Å². The van der Waals surface area contributed by atoms with Crippen molar-refractivity contribution in [3.05, 3.63) is 0 Å². The lowest BCUT2D eigenvalue weighted by atomic mass is 10.3. The van der Waals surface area contributed by atoms with Crippen molar-refractivity contribution in [1.29, 1.82) is 0 Å². The Hall–Kier alpha value is -1.51. The highest BCUT2D eigenvalue weighted by Crippen LogP contribution is 2.17. The molecule has 0 aromatic rings. The average molecular weight is 244 g/mol. The van der Waals surface area contributed by atoms with Crippen LogP contribution in [0.1, 0.15) is 6.92 Å². The van der Waals surface area contributed by atoms with E-state index in [1.165, 1.54) is 0 Å². The van der Waals surface area contributed by atoms with Crippen LogP contribution in [0.15, 0.2) is 0 Å². The van der Waals surface area contributed by atoms with Gasteiger partial charge in [0.25, 0.3) is 5.91 Å². The van der Waals surface area contributed by atoms with Gasteiger partial charge in [-0.25, -0.2) is 9.86 Å². The van der Waals surface area contributed by atoms with Gasteiger partial charge in [-0.2, -0.15) is 13.2 Å². The Balaban J connectivity index is 4.47. The average Bonchev–Trinajstić information content (AvgIpc) is 2.10. The predicted molar refractivity (Wildman–Crippen MR) is 44.9 cm³/mol. The zero-order chi connectivity index (χ0) is 12.9. The van der Waals surface area contributed by atoms with Gasteiger partial charge in [0.1, 0.15) is 6.54 Å². The molecule has 0 rings (SSSR count). The molecule has 0 aliphatic carbocycles. The molecule has 2 amide bonds. The van der Waals surface area contributed by atoms with Gasteiger partial charge in [0, 0.05) is 0 Å². The Morgan fingerprint density at radius 2 is 1.94 bits per heavy atom. The molecule has 2 N–H and O–H groups in total. The molecule has 0 fully saturated rings. The lowest BCUT2D eigenvalue weighted by Gasteiger charge is -2.23. The first-order valence-electron chi connectivity index (χ1n) is 4.05. The molecule has 0 saturated heterocycles. The zero-order valence-electron chi connectivity index (χ0n) is 8.58. The summed E-state index contributed by atoms with van der Waals surface area (Å²) in [6.07, 6.45) is -7.32. The van der Waals surface area contributed by atoms with Gasteiger partial charge in [0.05, 0.1) is 7.11 Å². The van der Waals surface area contributed by atoms with E-state index in [2.05, 4.69) is 15.3 Å². The molecule has 0 saturated carbocycles. The number of carbonyl (C=O) groups excluding carboxylic acids is 2. The van der Waals surface area contributed by atoms with E-state index in [9.17, 15) is 22.8 Å². The molecule has 0 heterocycles. The Bertz CT molecular complexity index is 269. The van der Waals surface area contributed by atoms with Gasteiger partial charge in [-0.15, -0.1) is 0 Å². The fraction of sp³-hybridized carbons (Fsp3) is 0.714. The van der Waals surface area contributed by atoms with Crippen LogP contribution < -0.4 is 5.73 Å².